The summed E-state index contributed by atoms with van der Waals surface area (Å²) in [5.74, 6) is 1.12. The van der Waals surface area contributed by atoms with Crippen LogP contribution in [0.25, 0.3) is 11.3 Å². The van der Waals surface area contributed by atoms with Gasteiger partial charge in [-0.1, -0.05) is 66.4 Å². The monoisotopic (exact) mass is 740 g/mol. The molecule has 1 aromatic heterocycles. The Balaban J connectivity index is 0.941. The number of nitrogens with one attached hydrogen (secondary N) is 1. The number of esters is 1. The number of rotatable bonds is 12. The van der Waals surface area contributed by atoms with E-state index in [1.807, 2.05) is 43.3 Å². The number of nitrogens with zero attached hydrogens (tertiary/aromatic N) is 4. The minimum atomic E-state index is -0.382. The first-order chi connectivity index (χ1) is 26.0. The van der Waals surface area contributed by atoms with E-state index in [2.05, 4.69) is 58.9 Å². The van der Waals surface area contributed by atoms with Gasteiger partial charge in [-0.25, -0.2) is 9.78 Å². The van der Waals surface area contributed by atoms with Crippen LogP contribution in [0.5, 0.6) is 11.5 Å². The summed E-state index contributed by atoms with van der Waals surface area (Å²) < 4.78 is 16.7. The second kappa shape index (κ2) is 15.3. The molecule has 0 fully saturated rings. The molecule has 3 N–H and O–H groups in total. The highest BCUT2D eigenvalue weighted by Gasteiger charge is 2.23. The zero-order valence-electron chi connectivity index (χ0n) is 28.9. The lowest BCUT2D eigenvalue weighted by Gasteiger charge is -2.32. The van der Waals surface area contributed by atoms with Crippen molar-refractivity contribution in [2.75, 3.05) is 35.4 Å². The minimum absolute atomic E-state index is 0.160. The van der Waals surface area contributed by atoms with Crippen molar-refractivity contribution >= 4 is 57.1 Å². The highest BCUT2D eigenvalue weighted by Crippen LogP contribution is 2.47. The van der Waals surface area contributed by atoms with Crippen molar-refractivity contribution in [2.45, 2.75) is 29.6 Å². The Morgan fingerprint density at radius 1 is 0.868 bits per heavy atom. The van der Waals surface area contributed by atoms with Crippen molar-refractivity contribution in [1.29, 1.82) is 0 Å². The maximum Gasteiger partial charge on any atom is 0.338 e. The lowest BCUT2D eigenvalue weighted by atomic mass is 10.1. The van der Waals surface area contributed by atoms with Crippen molar-refractivity contribution in [3.63, 3.8) is 0 Å². The van der Waals surface area contributed by atoms with Crippen LogP contribution in [0.2, 0.25) is 0 Å². The number of hydrogen-bond donors (Lipinski definition) is 2. The quantitative estimate of drug-likeness (QED) is 0.0414. The number of hydrogen-bond acceptors (Lipinski definition) is 11. The first-order valence-corrected chi connectivity index (χ1v) is 18.9. The summed E-state index contributed by atoms with van der Waals surface area (Å²) in [6.45, 7) is 3.34. The predicted octanol–water partition coefficient (Wildman–Crippen LogP) is 9.24. The predicted molar refractivity (Wildman–Crippen MR) is 212 cm³/mol. The largest absolute Gasteiger partial charge is 0.462 e. The van der Waals surface area contributed by atoms with Crippen LogP contribution in [0.15, 0.2) is 136 Å². The third-order valence-electron chi connectivity index (χ3n) is 8.81. The molecule has 2 aliphatic heterocycles. The first-order valence-electron chi connectivity index (χ1n) is 17.2. The molecule has 0 atom stereocenters. The van der Waals surface area contributed by atoms with Crippen LogP contribution in [-0.4, -0.2) is 36.7 Å². The fourth-order valence-corrected chi connectivity index (χ4v) is 8.06. The summed E-state index contributed by atoms with van der Waals surface area (Å²) in [6, 6.07) is 39.4. The average molecular weight is 741 g/mol. The van der Waals surface area contributed by atoms with Gasteiger partial charge in [0.25, 0.3) is 0 Å². The van der Waals surface area contributed by atoms with Crippen molar-refractivity contribution in [2.24, 2.45) is 10.8 Å². The normalized spacial score (nSPS) is 12.9. The highest BCUT2D eigenvalue weighted by molar-refractivity contribution is 7.99. The van der Waals surface area contributed by atoms with Gasteiger partial charge in [-0.05, 0) is 86.5 Å². The fraction of sp³-hybridized carbons (Fsp3) is 0.146. The van der Waals surface area contributed by atoms with Crippen molar-refractivity contribution in [1.82, 2.24) is 4.98 Å². The van der Waals surface area contributed by atoms with E-state index in [0.717, 1.165) is 35.5 Å². The van der Waals surface area contributed by atoms with Crippen molar-refractivity contribution in [3.05, 3.63) is 137 Å². The number of aromatic nitrogens is 1. The molecule has 0 saturated carbocycles. The number of fused-ring (bicyclic) bond motifs is 3. The van der Waals surface area contributed by atoms with Crippen LogP contribution in [0.3, 0.4) is 0 Å². The molecule has 6 aromatic rings. The molecule has 8 rings (SSSR count). The Morgan fingerprint density at radius 2 is 1.55 bits per heavy atom. The molecular formula is C41H36N6O4S2. The van der Waals surface area contributed by atoms with Gasteiger partial charge < -0.3 is 24.8 Å². The minimum Gasteiger partial charge on any atom is -0.462 e. The molecule has 0 amide bonds. The van der Waals surface area contributed by atoms with Crippen LogP contribution < -0.4 is 30.7 Å². The number of amidine groups is 1. The molecule has 3 heterocycles. The SMILES string of the molecule is Cc1sc(NN(/N=C(\N)c2ccc3c(c2)OCO3)c2ccc(C(=O)OCCCCN3c4ccccc4Sc4ccccc43)cc2)nc1-c1ccccc1. The van der Waals surface area contributed by atoms with Gasteiger partial charge in [0.05, 0.1) is 34.9 Å². The van der Waals surface area contributed by atoms with Crippen molar-refractivity contribution in [3.8, 4) is 22.8 Å². The molecular weight excluding hydrogens is 705 g/mol. The molecule has 0 bridgehead atoms. The molecule has 266 valence electrons. The molecule has 5 aromatic carbocycles. The number of aryl methyl sites for hydroxylation is 1. The summed E-state index contributed by atoms with van der Waals surface area (Å²) in [4.78, 5) is 23.9. The topological polar surface area (TPSA) is 115 Å². The summed E-state index contributed by atoms with van der Waals surface area (Å²) in [6.07, 6.45) is 1.60. The van der Waals surface area contributed by atoms with E-state index in [1.165, 1.54) is 32.5 Å². The van der Waals surface area contributed by atoms with E-state index in [9.17, 15) is 4.79 Å². The Bertz CT molecular complexity index is 2230. The molecule has 0 radical (unpaired) electrons. The number of ether oxygens (including phenoxy) is 3. The van der Waals surface area contributed by atoms with Gasteiger partial charge in [0, 0.05) is 32.3 Å². The zero-order valence-corrected chi connectivity index (χ0v) is 30.5. The van der Waals surface area contributed by atoms with Gasteiger partial charge in [0.15, 0.2) is 17.3 Å². The number of carbonyl (C=O) groups excluding carboxylic acids is 1. The molecule has 0 saturated heterocycles. The Kier molecular flexibility index (Phi) is 9.87. The summed E-state index contributed by atoms with van der Waals surface area (Å²) >= 11 is 3.30. The third kappa shape index (κ3) is 7.50. The summed E-state index contributed by atoms with van der Waals surface area (Å²) in [5.41, 5.74) is 15.9. The fourth-order valence-electron chi connectivity index (χ4n) is 6.15. The van der Waals surface area contributed by atoms with Crippen LogP contribution in [0, 0.1) is 6.92 Å². The molecule has 0 unspecified atom stereocenters. The molecule has 12 heteroatoms. The van der Waals surface area contributed by atoms with E-state index >= 15 is 0 Å². The number of nitrogens with two attached hydrogens (primary N) is 1. The molecule has 2 aliphatic rings. The van der Waals surface area contributed by atoms with E-state index in [4.69, 9.17) is 30.0 Å². The lowest BCUT2D eigenvalue weighted by Crippen LogP contribution is -2.28. The van der Waals surface area contributed by atoms with E-state index in [1.54, 1.807) is 53.3 Å². The van der Waals surface area contributed by atoms with E-state index < -0.39 is 0 Å². The Morgan fingerprint density at radius 3 is 2.30 bits per heavy atom. The summed E-state index contributed by atoms with van der Waals surface area (Å²) in [5, 5.41) is 6.91. The van der Waals surface area contributed by atoms with Gasteiger partial charge in [0.1, 0.15) is 0 Å². The van der Waals surface area contributed by atoms with Crippen LogP contribution in [0.4, 0.5) is 22.2 Å². The number of thiazole rings is 1. The third-order valence-corrected chi connectivity index (χ3v) is 10.8. The number of unbranched alkanes of at least 4 members (excludes halogenated alkanes) is 1. The van der Waals surface area contributed by atoms with E-state index in [-0.39, 0.29) is 18.6 Å². The van der Waals surface area contributed by atoms with Crippen LogP contribution >= 0.6 is 23.1 Å². The number of para-hydroxylation sites is 2. The number of anilines is 4. The van der Waals surface area contributed by atoms with Gasteiger partial charge in [-0.3, -0.25) is 5.43 Å². The van der Waals surface area contributed by atoms with Crippen molar-refractivity contribution < 1.29 is 19.0 Å². The standard InChI is InChI=1S/C41H36N6O4S2/c1-27-38(28-11-3-2-4-12-28)43-41(52-27)45-47(44-39(42)30-19-22-34-35(25-30)51-26-50-34)31-20-17-29(18-21-31)40(48)49-24-10-9-23-46-32-13-5-7-15-36(32)53-37-16-8-6-14-33(37)46/h2-8,11-22,25H,9-10,23-24,26H2,1H3,(H2,42,44)(H,43,45). The number of hydrazine groups is 1. The number of benzene rings is 5. The Labute approximate surface area is 315 Å². The Hall–Kier alpha value is -5.98. The average Bonchev–Trinajstić information content (AvgIpc) is 3.83. The maximum absolute atomic E-state index is 13.1. The van der Waals surface area contributed by atoms with Crippen LogP contribution in [0.1, 0.15) is 33.6 Å². The second-order valence-electron chi connectivity index (χ2n) is 12.3. The molecule has 0 spiro atoms. The molecule has 10 nitrogen and oxygen atoms in total. The van der Waals surface area contributed by atoms with Gasteiger partial charge in [-0.15, -0.1) is 16.4 Å². The number of carbonyl (C=O) groups is 1. The smallest absolute Gasteiger partial charge is 0.338 e. The van der Waals surface area contributed by atoms with Gasteiger partial charge in [0.2, 0.25) is 11.9 Å². The maximum atomic E-state index is 13.1. The summed E-state index contributed by atoms with van der Waals surface area (Å²) in [7, 11) is 0. The number of hydrazone groups is 1. The van der Waals surface area contributed by atoms with Gasteiger partial charge >= 0.3 is 5.97 Å². The zero-order chi connectivity index (χ0) is 36.1. The van der Waals surface area contributed by atoms with Gasteiger partial charge in [-0.2, -0.15) is 5.12 Å². The highest BCUT2D eigenvalue weighted by atomic mass is 32.2. The first kappa shape index (κ1) is 34.1. The molecule has 0 aliphatic carbocycles. The molecule has 53 heavy (non-hydrogen) atoms. The van der Waals surface area contributed by atoms with E-state index in [0.29, 0.717) is 40.1 Å². The van der Waals surface area contributed by atoms with Crippen LogP contribution in [-0.2, 0) is 4.74 Å². The second-order valence-corrected chi connectivity index (χ2v) is 14.6. The lowest BCUT2D eigenvalue weighted by molar-refractivity contribution is 0.0499.